The molecule has 13 aromatic rings. The second-order valence-corrected chi connectivity index (χ2v) is 24.2. The van der Waals surface area contributed by atoms with Crippen molar-refractivity contribution in [1.82, 2.24) is 19.9 Å². The van der Waals surface area contributed by atoms with Crippen molar-refractivity contribution in [3.63, 3.8) is 0 Å². The number of nitrogens with zero attached hydrogens (tertiary/aromatic N) is 6. The Kier molecular flexibility index (Phi) is 17.8. The molecule has 0 radical (unpaired) electrons. The quantitative estimate of drug-likeness (QED) is 0.0981. The third-order valence-corrected chi connectivity index (χ3v) is 17.7. The molecule has 471 valence electrons. The van der Waals surface area contributed by atoms with E-state index in [1.807, 2.05) is 146 Å². The Bertz CT molecular complexity index is 5140. The number of aromatic nitrogens is 4. The average molecular weight is 1310 g/mol. The monoisotopic (exact) mass is 1310 g/mol. The van der Waals surface area contributed by atoms with Crippen LogP contribution in [0.25, 0.3) is 89.9 Å². The first-order valence-electron chi connectivity index (χ1n) is 32.0. The predicted molar refractivity (Wildman–Crippen MR) is 390 cm³/mol. The van der Waals surface area contributed by atoms with Gasteiger partial charge in [-0.2, -0.15) is 0 Å². The van der Waals surface area contributed by atoms with Crippen LogP contribution in [-0.2, 0) is 25.8 Å². The molecule has 0 amide bonds. The number of fused-ring (bicyclic) bond motifs is 8. The van der Waals surface area contributed by atoms with Crippen molar-refractivity contribution < 1.29 is 40.5 Å². The van der Waals surface area contributed by atoms with Gasteiger partial charge in [-0.3, -0.25) is 4.79 Å². The van der Waals surface area contributed by atoms with Gasteiger partial charge in [0.25, 0.3) is 6.47 Å². The van der Waals surface area contributed by atoms with Crippen molar-refractivity contribution in [1.29, 1.82) is 0 Å². The first-order chi connectivity index (χ1) is 48.0. The van der Waals surface area contributed by atoms with Gasteiger partial charge in [-0.05, 0) is 168 Å². The molecule has 1 N–H and O–H groups in total. The van der Waals surface area contributed by atoms with E-state index in [9.17, 15) is 14.7 Å². The Morgan fingerprint density at radius 2 is 0.704 bits per heavy atom. The number of ether oxygens (including phenoxy) is 1. The molecule has 10 aromatic carbocycles. The number of rotatable bonds is 15. The van der Waals surface area contributed by atoms with Crippen LogP contribution in [0.1, 0.15) is 66.5 Å². The second kappa shape index (κ2) is 27.6. The van der Waals surface area contributed by atoms with Gasteiger partial charge in [-0.1, -0.05) is 234 Å². The molecule has 15 rings (SSSR count). The SMILES string of the molecule is Cc1ccc(N(c2ccc(C)cc2)c2ccc(-c3c4nc(c(C(=O)O)c5[n-]c(cc5-c5ccccc5)c(-c5ccc(N(c6ccc(C)cc6)c6ccc(C)cc6)cc5)c5nc(c(OC=O)c6[n-]c3cc6-c3ccccc3)C(c3ccccc3)=C5)C(c3ccccc3)=C4)cc2)cc1.[O]=[V+2]. The number of aryl methyl sites for hydroxylation is 4. The Morgan fingerprint density at radius 1 is 0.398 bits per heavy atom. The summed E-state index contributed by atoms with van der Waals surface area (Å²) in [7, 11) is 0. The van der Waals surface area contributed by atoms with Crippen molar-refractivity contribution in [3.05, 3.63) is 341 Å². The molecule has 0 aliphatic carbocycles. The van der Waals surface area contributed by atoms with E-state index < -0.39 is 5.97 Å². The Morgan fingerprint density at radius 3 is 1.05 bits per heavy atom. The van der Waals surface area contributed by atoms with Crippen LogP contribution in [0.3, 0.4) is 0 Å². The molecule has 0 atom stereocenters. The van der Waals surface area contributed by atoms with Crippen LogP contribution in [0, 0.1) is 27.7 Å². The topological polar surface area (TPSA) is 141 Å². The van der Waals surface area contributed by atoms with Crippen LogP contribution < -0.4 is 24.5 Å². The molecule has 0 saturated heterocycles. The van der Waals surface area contributed by atoms with Crippen molar-refractivity contribution in [3.8, 4) is 50.3 Å². The molecule has 3 aromatic heterocycles. The summed E-state index contributed by atoms with van der Waals surface area (Å²) >= 11 is 1.06. The number of carboxylic acids is 1. The Labute approximate surface area is 577 Å². The number of carboxylic acid groups (broad SMARTS) is 1. The first kappa shape index (κ1) is 63.1. The number of hydrogen-bond acceptors (Lipinski definition) is 8. The number of hydrogen-bond donors (Lipinski definition) is 1. The van der Waals surface area contributed by atoms with Gasteiger partial charge in [0, 0.05) is 45.3 Å². The molecule has 11 nitrogen and oxygen atoms in total. The Balaban J connectivity index is 0.00000407. The molecule has 8 bridgehead atoms. The van der Waals surface area contributed by atoms with Gasteiger partial charge in [-0.15, -0.1) is 16.6 Å². The standard InChI is InChI=1S/C86H63N6O4.O.V/c1-54-25-37-64(38-26-54)91(65-39-27-55(2)28-40-65)68-45-33-62(34-46-68)78-74-49-70(58-17-9-5-10-18-58)81(87-74)80(86(94)95)82-71(59-19-11-6-12-20-59)50-75(88-82)79(63-35-47-69(48-36-63)92(66-41-29-56(3)30-42-66)67-43-31-57(4)32-44-67)77-52-73(61-23-15-8-16-24-61)84(90-77)85(96-53-93)83-72(51-76(78)89-83)60-21-13-7-14-22-60;;/h5-53H,1-4H3,(H2-,87,88,89,90,94,95);;/q-1;;+2/p-1. The van der Waals surface area contributed by atoms with Gasteiger partial charge >= 0.3 is 27.0 Å². The number of aromatic carboxylic acids is 1. The summed E-state index contributed by atoms with van der Waals surface area (Å²) in [5, 5.41) is 12.2. The zero-order valence-corrected chi connectivity index (χ0v) is 55.4. The van der Waals surface area contributed by atoms with E-state index in [2.05, 4.69) is 183 Å². The number of carbonyl (C=O) groups is 2. The fourth-order valence-corrected chi connectivity index (χ4v) is 12.9. The average Bonchev–Trinajstić information content (AvgIpc) is 1.58. The van der Waals surface area contributed by atoms with E-state index >= 15 is 0 Å². The van der Waals surface area contributed by atoms with Crippen molar-refractivity contribution in [2.75, 3.05) is 9.80 Å². The van der Waals surface area contributed by atoms with Gasteiger partial charge in [0.1, 0.15) is 11.4 Å². The summed E-state index contributed by atoms with van der Waals surface area (Å²) in [5.41, 5.74) is 21.4. The van der Waals surface area contributed by atoms with Gasteiger partial charge in [-0.25, -0.2) is 14.8 Å². The normalized spacial score (nSPS) is 11.6. The van der Waals surface area contributed by atoms with E-state index in [1.54, 1.807) is 0 Å². The number of benzene rings is 10. The van der Waals surface area contributed by atoms with Crippen molar-refractivity contribution in [2.24, 2.45) is 0 Å². The fourth-order valence-electron chi connectivity index (χ4n) is 12.9. The van der Waals surface area contributed by atoms with Gasteiger partial charge in [0.2, 0.25) is 0 Å². The van der Waals surface area contributed by atoms with Crippen molar-refractivity contribution in [2.45, 2.75) is 27.7 Å². The maximum atomic E-state index is 14.9. The Hall–Kier alpha value is -12.3. The zero-order valence-electron chi connectivity index (χ0n) is 54.0. The molecular formula is C86H62N6O5V. The summed E-state index contributed by atoms with van der Waals surface area (Å²) in [4.78, 5) is 55.3. The third-order valence-electron chi connectivity index (χ3n) is 17.7. The summed E-state index contributed by atoms with van der Waals surface area (Å²) in [6.45, 7) is 8.76. The van der Waals surface area contributed by atoms with E-state index in [4.69, 9.17) is 28.3 Å². The van der Waals surface area contributed by atoms with Crippen LogP contribution in [0.2, 0.25) is 0 Å². The molecule has 0 spiro atoms. The molecule has 98 heavy (non-hydrogen) atoms. The molecule has 0 fully saturated rings. The van der Waals surface area contributed by atoms with Crippen molar-refractivity contribution >= 4 is 91.9 Å². The zero-order chi connectivity index (χ0) is 67.4. The van der Waals surface area contributed by atoms with E-state index in [1.165, 1.54) is 0 Å². The van der Waals surface area contributed by atoms with Crippen LogP contribution in [-0.4, -0.2) is 27.5 Å². The van der Waals surface area contributed by atoms with Gasteiger partial charge in [0.05, 0.1) is 22.6 Å². The maximum absolute atomic E-state index is 14.9. The summed E-state index contributed by atoms with van der Waals surface area (Å²) in [5.74, 6) is -1.10. The van der Waals surface area contributed by atoms with E-state index in [0.717, 1.165) is 107 Å². The number of anilines is 6. The minimum atomic E-state index is -1.22. The fraction of sp³-hybridized carbons (Fsp3) is 0.0465. The second-order valence-electron chi connectivity index (χ2n) is 24.2. The molecule has 5 heterocycles. The molecule has 0 unspecified atom stereocenters. The van der Waals surface area contributed by atoms with Crippen LogP contribution in [0.5, 0.6) is 5.75 Å². The molecule has 12 heteroatoms. The first-order valence-corrected chi connectivity index (χ1v) is 32.6. The van der Waals surface area contributed by atoms with Gasteiger partial charge < -0.3 is 29.6 Å². The molecule has 2 aliphatic heterocycles. The van der Waals surface area contributed by atoms with E-state index in [0.29, 0.717) is 73.5 Å². The molecular weight excluding hydrogens is 1250 g/mol. The minimum absolute atomic E-state index is 0.0994. The van der Waals surface area contributed by atoms with Crippen LogP contribution in [0.15, 0.2) is 279 Å². The summed E-state index contributed by atoms with van der Waals surface area (Å²) in [6.07, 6.45) is 3.96. The summed E-state index contributed by atoms with van der Waals surface area (Å²) < 4.78 is 14.6. The number of carbonyl (C=O) groups excluding carboxylic acids is 1. The predicted octanol–water partition coefficient (Wildman–Crippen LogP) is 20.7. The van der Waals surface area contributed by atoms with Crippen LogP contribution >= 0.6 is 0 Å². The van der Waals surface area contributed by atoms with Gasteiger partial charge in [0.15, 0.2) is 0 Å². The van der Waals surface area contributed by atoms with E-state index in [-0.39, 0.29) is 22.5 Å². The van der Waals surface area contributed by atoms with Crippen LogP contribution in [0.4, 0.5) is 34.1 Å². The summed E-state index contributed by atoms with van der Waals surface area (Å²) in [6, 6.07) is 93.7. The molecule has 0 saturated carbocycles. The molecule has 2 aliphatic rings. The third kappa shape index (κ3) is 12.4.